The van der Waals surface area contributed by atoms with E-state index in [1.165, 1.54) is 23.1 Å². The fraction of sp³-hybridized carbons (Fsp3) is 0.231. The Morgan fingerprint density at radius 2 is 2.00 bits per heavy atom. The molecule has 2 nitrogen and oxygen atoms in total. The maximum Gasteiger partial charge on any atom is 0.573 e. The molecule has 0 saturated carbocycles. The largest absolute Gasteiger partial charge is 0.573 e. The first-order valence-corrected chi connectivity index (χ1v) is 7.32. The summed E-state index contributed by atoms with van der Waals surface area (Å²) in [6, 6.07) is 8.08. The van der Waals surface area contributed by atoms with Crippen LogP contribution in [0.15, 0.2) is 40.2 Å². The topological polar surface area (TPSA) is 18.5 Å². The summed E-state index contributed by atoms with van der Waals surface area (Å²) in [6.07, 6.45) is -3.94. The highest BCUT2D eigenvalue weighted by Gasteiger charge is 2.31. The Kier molecular flexibility index (Phi) is 4.93. The Labute approximate surface area is 126 Å². The third-order valence-electron chi connectivity index (χ3n) is 2.33. The summed E-state index contributed by atoms with van der Waals surface area (Å²) >= 11 is 4.66. The predicted molar refractivity (Wildman–Crippen MR) is 74.3 cm³/mol. The number of ether oxygens (including phenoxy) is 2. The van der Waals surface area contributed by atoms with E-state index < -0.39 is 6.36 Å². The molecule has 0 atom stereocenters. The SMILES string of the molecule is FC(F)(F)Oc1ccc(OCCc2cccs2)cc1Br. The zero-order valence-corrected chi connectivity index (χ0v) is 12.5. The molecule has 20 heavy (non-hydrogen) atoms. The van der Waals surface area contributed by atoms with Crippen LogP contribution in [0.2, 0.25) is 0 Å². The smallest absolute Gasteiger partial charge is 0.493 e. The zero-order chi connectivity index (χ0) is 14.6. The van der Waals surface area contributed by atoms with Crippen molar-refractivity contribution in [3.8, 4) is 11.5 Å². The molecule has 0 aliphatic heterocycles. The normalized spacial score (nSPS) is 11.4. The molecule has 0 N–H and O–H groups in total. The van der Waals surface area contributed by atoms with Crippen LogP contribution in [0.1, 0.15) is 4.88 Å². The van der Waals surface area contributed by atoms with Crippen molar-refractivity contribution < 1.29 is 22.6 Å². The molecule has 0 saturated heterocycles. The maximum atomic E-state index is 12.1. The molecule has 1 aromatic carbocycles. The highest BCUT2D eigenvalue weighted by molar-refractivity contribution is 9.10. The van der Waals surface area contributed by atoms with Crippen LogP contribution in [0.4, 0.5) is 13.2 Å². The molecule has 0 amide bonds. The van der Waals surface area contributed by atoms with E-state index in [4.69, 9.17) is 4.74 Å². The minimum Gasteiger partial charge on any atom is -0.493 e. The van der Waals surface area contributed by atoms with E-state index in [1.807, 2.05) is 17.5 Å². The van der Waals surface area contributed by atoms with Gasteiger partial charge in [-0.3, -0.25) is 0 Å². The Morgan fingerprint density at radius 3 is 2.60 bits per heavy atom. The quantitative estimate of drug-likeness (QED) is 0.738. The Balaban J connectivity index is 1.91. The van der Waals surface area contributed by atoms with E-state index in [1.54, 1.807) is 11.3 Å². The summed E-state index contributed by atoms with van der Waals surface area (Å²) in [7, 11) is 0. The summed E-state index contributed by atoms with van der Waals surface area (Å²) in [5.41, 5.74) is 0. The van der Waals surface area contributed by atoms with Gasteiger partial charge in [-0.2, -0.15) is 0 Å². The molecule has 7 heteroatoms. The third kappa shape index (κ3) is 4.72. The van der Waals surface area contributed by atoms with Gasteiger partial charge in [0.15, 0.2) is 0 Å². The first kappa shape index (κ1) is 15.2. The molecule has 2 rings (SSSR count). The van der Waals surface area contributed by atoms with Gasteiger partial charge in [-0.1, -0.05) is 6.07 Å². The standard InChI is InChI=1S/C13H10BrF3O2S/c14-11-8-9(3-4-12(11)19-13(15,16)17)18-6-5-10-2-1-7-20-10/h1-4,7-8H,5-6H2. The van der Waals surface area contributed by atoms with Crippen molar-refractivity contribution in [1.29, 1.82) is 0 Å². The average Bonchev–Trinajstić information content (AvgIpc) is 2.84. The van der Waals surface area contributed by atoms with Crippen LogP contribution in [-0.2, 0) is 6.42 Å². The van der Waals surface area contributed by atoms with Crippen molar-refractivity contribution in [3.63, 3.8) is 0 Å². The van der Waals surface area contributed by atoms with Gasteiger partial charge in [0.25, 0.3) is 0 Å². The average molecular weight is 367 g/mol. The first-order chi connectivity index (χ1) is 9.44. The van der Waals surface area contributed by atoms with E-state index >= 15 is 0 Å². The summed E-state index contributed by atoms with van der Waals surface area (Å²) in [6.45, 7) is 0.465. The lowest BCUT2D eigenvalue weighted by atomic mass is 10.3. The molecule has 2 aromatic rings. The summed E-state index contributed by atoms with van der Waals surface area (Å²) in [5, 5.41) is 1.98. The molecule has 0 fully saturated rings. The maximum absolute atomic E-state index is 12.1. The predicted octanol–water partition coefficient (Wildman–Crippen LogP) is 5.03. The molecule has 0 spiro atoms. The number of hydrogen-bond donors (Lipinski definition) is 0. The van der Waals surface area contributed by atoms with Crippen molar-refractivity contribution in [2.24, 2.45) is 0 Å². The first-order valence-electron chi connectivity index (χ1n) is 5.64. The van der Waals surface area contributed by atoms with Crippen LogP contribution in [-0.4, -0.2) is 13.0 Å². The molecule has 108 valence electrons. The van der Waals surface area contributed by atoms with Crippen molar-refractivity contribution in [1.82, 2.24) is 0 Å². The Bertz CT molecular complexity index is 555. The van der Waals surface area contributed by atoms with Crippen LogP contribution in [0.5, 0.6) is 11.5 Å². The van der Waals surface area contributed by atoms with Crippen molar-refractivity contribution >= 4 is 27.3 Å². The molecular formula is C13H10BrF3O2S. The van der Waals surface area contributed by atoms with Crippen molar-refractivity contribution in [2.75, 3.05) is 6.61 Å². The van der Waals surface area contributed by atoms with Gasteiger partial charge in [-0.05, 0) is 45.6 Å². The summed E-state index contributed by atoms with van der Waals surface area (Å²) < 4.78 is 45.9. The number of thiophene rings is 1. The fourth-order valence-corrected chi connectivity index (χ4v) is 2.63. The zero-order valence-electron chi connectivity index (χ0n) is 10.1. The van der Waals surface area contributed by atoms with Gasteiger partial charge in [-0.25, -0.2) is 0 Å². The van der Waals surface area contributed by atoms with Gasteiger partial charge in [0.2, 0.25) is 0 Å². The second-order valence-electron chi connectivity index (χ2n) is 3.82. The molecule has 1 aromatic heterocycles. The van der Waals surface area contributed by atoms with E-state index in [0.717, 1.165) is 6.42 Å². The molecule has 1 heterocycles. The van der Waals surface area contributed by atoms with Crippen LogP contribution < -0.4 is 9.47 Å². The molecule has 0 bridgehead atoms. The summed E-state index contributed by atoms with van der Waals surface area (Å²) in [5.74, 6) is 0.200. The second-order valence-corrected chi connectivity index (χ2v) is 5.70. The Hall–Kier alpha value is -1.21. The number of benzene rings is 1. The van der Waals surface area contributed by atoms with Crippen molar-refractivity contribution in [3.05, 3.63) is 45.1 Å². The molecule has 0 aliphatic rings. The third-order valence-corrected chi connectivity index (χ3v) is 3.88. The Morgan fingerprint density at radius 1 is 1.20 bits per heavy atom. The van der Waals surface area contributed by atoms with E-state index in [2.05, 4.69) is 20.7 Å². The monoisotopic (exact) mass is 366 g/mol. The molecule has 0 radical (unpaired) electrons. The minimum absolute atomic E-state index is 0.198. The van der Waals surface area contributed by atoms with Gasteiger partial charge in [0, 0.05) is 11.3 Å². The van der Waals surface area contributed by atoms with Gasteiger partial charge in [-0.15, -0.1) is 24.5 Å². The van der Waals surface area contributed by atoms with Crippen LogP contribution in [0.25, 0.3) is 0 Å². The number of rotatable bonds is 5. The number of halogens is 4. The highest BCUT2D eigenvalue weighted by atomic mass is 79.9. The van der Waals surface area contributed by atoms with Crippen molar-refractivity contribution in [2.45, 2.75) is 12.8 Å². The lowest BCUT2D eigenvalue weighted by Crippen LogP contribution is -2.17. The highest BCUT2D eigenvalue weighted by Crippen LogP contribution is 2.33. The number of alkyl halides is 3. The number of hydrogen-bond acceptors (Lipinski definition) is 3. The molecular weight excluding hydrogens is 357 g/mol. The van der Waals surface area contributed by atoms with Crippen LogP contribution >= 0.6 is 27.3 Å². The van der Waals surface area contributed by atoms with E-state index in [9.17, 15) is 13.2 Å². The van der Waals surface area contributed by atoms with E-state index in [-0.39, 0.29) is 10.2 Å². The van der Waals surface area contributed by atoms with Gasteiger partial charge in [0.1, 0.15) is 11.5 Å². The molecule has 0 unspecified atom stereocenters. The van der Waals surface area contributed by atoms with Crippen LogP contribution in [0, 0.1) is 0 Å². The fourth-order valence-electron chi connectivity index (χ4n) is 1.50. The van der Waals surface area contributed by atoms with Gasteiger partial charge in [0.05, 0.1) is 11.1 Å². The second kappa shape index (κ2) is 6.49. The minimum atomic E-state index is -4.70. The van der Waals surface area contributed by atoms with E-state index in [0.29, 0.717) is 12.4 Å². The van der Waals surface area contributed by atoms with Crippen LogP contribution in [0.3, 0.4) is 0 Å². The van der Waals surface area contributed by atoms with Gasteiger partial charge < -0.3 is 9.47 Å². The van der Waals surface area contributed by atoms with Gasteiger partial charge >= 0.3 is 6.36 Å². The summed E-state index contributed by atoms with van der Waals surface area (Å²) in [4.78, 5) is 1.20. The lowest BCUT2D eigenvalue weighted by Gasteiger charge is -2.12. The lowest BCUT2D eigenvalue weighted by molar-refractivity contribution is -0.274. The molecule has 0 aliphatic carbocycles.